The molecule has 0 saturated carbocycles. The normalized spacial score (nSPS) is 10.6. The van der Waals surface area contributed by atoms with Crippen LogP contribution >= 0.6 is 0 Å². The zero-order chi connectivity index (χ0) is 18.0. The molecule has 2 aromatic heterocycles. The van der Waals surface area contributed by atoms with Gasteiger partial charge in [0, 0.05) is 6.20 Å². The number of pyridine rings is 1. The van der Waals surface area contributed by atoms with E-state index in [0.29, 0.717) is 16.9 Å². The van der Waals surface area contributed by atoms with Crippen LogP contribution in [0, 0.1) is 18.3 Å². The van der Waals surface area contributed by atoms with Gasteiger partial charge in [-0.15, -0.1) is 0 Å². The Bertz CT molecular complexity index is 963. The zero-order valence-corrected chi connectivity index (χ0v) is 13.6. The Kier molecular flexibility index (Phi) is 4.64. The van der Waals surface area contributed by atoms with E-state index < -0.39 is 29.0 Å². The van der Waals surface area contributed by atoms with E-state index in [2.05, 4.69) is 9.97 Å². The third kappa shape index (κ3) is 2.84. The van der Waals surface area contributed by atoms with Crippen LogP contribution in [0.5, 0.6) is 0 Å². The molecule has 0 amide bonds. The molecule has 0 aliphatic rings. The molecule has 0 unspecified atom stereocenters. The van der Waals surface area contributed by atoms with Crippen LogP contribution in [0.2, 0.25) is 0 Å². The molecule has 8 nitrogen and oxygen atoms in total. The van der Waals surface area contributed by atoms with Crippen molar-refractivity contribution >= 4 is 11.6 Å². The smallest absolute Gasteiger partial charge is 0.334 e. The highest BCUT2D eigenvalue weighted by molar-refractivity contribution is 6.01. The van der Waals surface area contributed by atoms with Gasteiger partial charge in [0.15, 0.2) is 5.78 Å². The quantitative estimate of drug-likeness (QED) is 0.805. The number of hydrogen-bond acceptors (Lipinski definition) is 6. The molecule has 2 rings (SSSR count). The van der Waals surface area contributed by atoms with Crippen molar-refractivity contribution in [2.24, 2.45) is 0 Å². The number of aryl methyl sites for hydroxylation is 1. The summed E-state index contributed by atoms with van der Waals surface area (Å²) in [6.07, 6.45) is 1.11. The maximum Gasteiger partial charge on any atom is 0.334 e. The Hall–Kier alpha value is -3.21. The Morgan fingerprint density at radius 3 is 2.71 bits per heavy atom. The fraction of sp³-hybridized carbons (Fsp3) is 0.312. The van der Waals surface area contributed by atoms with Crippen molar-refractivity contribution in [2.45, 2.75) is 33.1 Å². The fourth-order valence-corrected chi connectivity index (χ4v) is 2.49. The van der Waals surface area contributed by atoms with Gasteiger partial charge in [-0.05, 0) is 24.5 Å². The second-order valence-corrected chi connectivity index (χ2v) is 5.63. The lowest BCUT2D eigenvalue weighted by molar-refractivity contribution is 0.0996. The van der Waals surface area contributed by atoms with Gasteiger partial charge in [-0.3, -0.25) is 19.6 Å². The second-order valence-electron chi connectivity index (χ2n) is 5.63. The van der Waals surface area contributed by atoms with Crippen molar-refractivity contribution in [2.75, 3.05) is 5.73 Å². The Labute approximate surface area is 137 Å². The first kappa shape index (κ1) is 17.1. The molecule has 0 aromatic carbocycles. The van der Waals surface area contributed by atoms with E-state index >= 15 is 0 Å². The van der Waals surface area contributed by atoms with Crippen LogP contribution in [0.25, 0.3) is 5.69 Å². The van der Waals surface area contributed by atoms with Gasteiger partial charge in [0.2, 0.25) is 0 Å². The van der Waals surface area contributed by atoms with Gasteiger partial charge in [0.1, 0.15) is 11.4 Å². The monoisotopic (exact) mass is 327 g/mol. The van der Waals surface area contributed by atoms with Gasteiger partial charge in [0.25, 0.3) is 5.56 Å². The lowest BCUT2D eigenvalue weighted by Gasteiger charge is -2.18. The average Bonchev–Trinajstić information content (AvgIpc) is 2.48. The molecule has 0 aliphatic heterocycles. The van der Waals surface area contributed by atoms with Gasteiger partial charge < -0.3 is 5.73 Å². The van der Waals surface area contributed by atoms with E-state index in [1.54, 1.807) is 25.3 Å². The summed E-state index contributed by atoms with van der Waals surface area (Å²) in [7, 11) is 0. The number of ketones is 1. The first-order valence-electron chi connectivity index (χ1n) is 7.30. The van der Waals surface area contributed by atoms with Crippen LogP contribution in [0.15, 0.2) is 21.9 Å². The fourth-order valence-electron chi connectivity index (χ4n) is 2.49. The third-order valence-electron chi connectivity index (χ3n) is 3.59. The molecule has 0 bridgehead atoms. The Balaban J connectivity index is 2.91. The summed E-state index contributed by atoms with van der Waals surface area (Å²) in [5, 5.41) is 8.68. The molecule has 2 heterocycles. The number of carbonyl (C=O) groups excluding carboxylic acids is 1. The van der Waals surface area contributed by atoms with Crippen LogP contribution in [-0.2, 0) is 0 Å². The maximum atomic E-state index is 12.3. The molecule has 0 radical (unpaired) electrons. The molecule has 24 heavy (non-hydrogen) atoms. The molecule has 3 N–H and O–H groups in total. The molecule has 0 aliphatic carbocycles. The van der Waals surface area contributed by atoms with Gasteiger partial charge in [-0.2, -0.15) is 5.26 Å². The van der Waals surface area contributed by atoms with Gasteiger partial charge >= 0.3 is 5.69 Å². The van der Waals surface area contributed by atoms with E-state index in [9.17, 15) is 14.4 Å². The summed E-state index contributed by atoms with van der Waals surface area (Å²) >= 11 is 0. The number of aromatic nitrogens is 3. The molecule has 124 valence electrons. The number of nitrogens with zero attached hydrogens (tertiary/aromatic N) is 3. The number of carbonyl (C=O) groups is 1. The van der Waals surface area contributed by atoms with Gasteiger partial charge in [-0.1, -0.05) is 13.8 Å². The number of nitrogen functional groups attached to an aromatic ring is 1. The van der Waals surface area contributed by atoms with Crippen LogP contribution in [0.1, 0.15) is 47.8 Å². The first-order valence-corrected chi connectivity index (χ1v) is 7.30. The van der Waals surface area contributed by atoms with Crippen LogP contribution < -0.4 is 17.0 Å². The zero-order valence-electron chi connectivity index (χ0n) is 13.6. The van der Waals surface area contributed by atoms with Crippen molar-refractivity contribution in [3.8, 4) is 11.8 Å². The summed E-state index contributed by atoms with van der Waals surface area (Å²) in [4.78, 5) is 42.7. The van der Waals surface area contributed by atoms with Crippen molar-refractivity contribution in [1.29, 1.82) is 5.26 Å². The SMILES string of the molecule is Cc1ccnc(C(C)C)c1-n1c(N)c(C(=O)CC#N)c(=O)[nH]c1=O. The molecule has 0 saturated heterocycles. The molecule has 0 spiro atoms. The number of nitriles is 1. The molecular formula is C16H17N5O3. The number of anilines is 1. The topological polar surface area (TPSA) is 135 Å². The highest BCUT2D eigenvalue weighted by Gasteiger charge is 2.23. The summed E-state index contributed by atoms with van der Waals surface area (Å²) in [5.41, 5.74) is 5.67. The number of rotatable bonds is 4. The van der Waals surface area contributed by atoms with E-state index in [4.69, 9.17) is 11.0 Å². The average molecular weight is 327 g/mol. The molecule has 2 aromatic rings. The summed E-state index contributed by atoms with van der Waals surface area (Å²) in [6, 6.07) is 3.38. The summed E-state index contributed by atoms with van der Waals surface area (Å²) in [6.45, 7) is 5.58. The summed E-state index contributed by atoms with van der Waals surface area (Å²) < 4.78 is 1.07. The number of hydrogen-bond donors (Lipinski definition) is 2. The Morgan fingerprint density at radius 1 is 1.46 bits per heavy atom. The predicted molar refractivity (Wildman–Crippen MR) is 88.3 cm³/mol. The van der Waals surface area contributed by atoms with Crippen molar-refractivity contribution < 1.29 is 4.79 Å². The molecular weight excluding hydrogens is 310 g/mol. The molecule has 8 heteroatoms. The molecule has 0 atom stereocenters. The van der Waals surface area contributed by atoms with Crippen LogP contribution in [-0.4, -0.2) is 20.3 Å². The number of nitrogens with one attached hydrogen (secondary N) is 1. The number of Topliss-reactive ketones (excluding diaryl/α,β-unsaturated/α-hetero) is 1. The lowest BCUT2D eigenvalue weighted by Crippen LogP contribution is -2.36. The van der Waals surface area contributed by atoms with E-state index in [1.165, 1.54) is 0 Å². The van der Waals surface area contributed by atoms with E-state index in [1.807, 2.05) is 13.8 Å². The number of nitrogens with two attached hydrogens (primary N) is 1. The largest absolute Gasteiger partial charge is 0.384 e. The highest BCUT2D eigenvalue weighted by Crippen LogP contribution is 2.25. The minimum Gasteiger partial charge on any atom is -0.384 e. The first-order chi connectivity index (χ1) is 11.3. The van der Waals surface area contributed by atoms with Crippen LogP contribution in [0.4, 0.5) is 5.82 Å². The highest BCUT2D eigenvalue weighted by atomic mass is 16.2. The Morgan fingerprint density at radius 2 is 2.12 bits per heavy atom. The van der Waals surface area contributed by atoms with Crippen molar-refractivity contribution in [3.05, 3.63) is 49.9 Å². The number of aromatic amines is 1. The second kappa shape index (κ2) is 6.50. The standard InChI is InChI=1S/C16H17N5O3/c1-8(2)12-13(9(3)5-7-19-12)21-14(18)11(10(22)4-6-17)15(23)20-16(21)24/h5,7-8H,4,18H2,1-3H3,(H,20,23,24). The van der Waals surface area contributed by atoms with E-state index in [-0.39, 0.29) is 11.7 Å². The van der Waals surface area contributed by atoms with Crippen molar-refractivity contribution in [1.82, 2.24) is 14.5 Å². The maximum absolute atomic E-state index is 12.3. The summed E-state index contributed by atoms with van der Waals surface area (Å²) in [5.74, 6) is -1.05. The minimum absolute atomic E-state index is 0.0172. The molecule has 0 fully saturated rings. The van der Waals surface area contributed by atoms with Crippen LogP contribution in [0.3, 0.4) is 0 Å². The third-order valence-corrected chi connectivity index (χ3v) is 3.59. The number of H-pyrrole nitrogens is 1. The predicted octanol–water partition coefficient (Wildman–Crippen LogP) is 1.03. The van der Waals surface area contributed by atoms with Gasteiger partial charge in [0.05, 0.1) is 23.9 Å². The van der Waals surface area contributed by atoms with E-state index in [0.717, 1.165) is 4.57 Å². The van der Waals surface area contributed by atoms with Gasteiger partial charge in [-0.25, -0.2) is 9.36 Å². The van der Waals surface area contributed by atoms with Crippen molar-refractivity contribution in [3.63, 3.8) is 0 Å². The lowest BCUT2D eigenvalue weighted by atomic mass is 10.0. The minimum atomic E-state index is -0.901.